The second-order valence-corrected chi connectivity index (χ2v) is 5.89. The standard InChI is InChI=1S/C16H24FN3/c17-15-6-1-2-7-16(15)18-8-12-19-9-4-11-20-10-3-5-14(20)13-19/h1-2,6-7,14,18H,3-5,8-13H2. The van der Waals surface area contributed by atoms with Crippen molar-refractivity contribution in [2.24, 2.45) is 0 Å². The van der Waals surface area contributed by atoms with Gasteiger partial charge >= 0.3 is 0 Å². The largest absolute Gasteiger partial charge is 0.381 e. The van der Waals surface area contributed by atoms with Gasteiger partial charge in [0.15, 0.2) is 0 Å². The van der Waals surface area contributed by atoms with Gasteiger partial charge in [0.1, 0.15) is 5.82 Å². The zero-order chi connectivity index (χ0) is 13.8. The lowest BCUT2D eigenvalue weighted by Crippen LogP contribution is -2.38. The summed E-state index contributed by atoms with van der Waals surface area (Å²) < 4.78 is 13.5. The molecule has 2 fully saturated rings. The van der Waals surface area contributed by atoms with Crippen LogP contribution in [-0.4, -0.2) is 55.1 Å². The fourth-order valence-electron chi connectivity index (χ4n) is 3.44. The lowest BCUT2D eigenvalue weighted by molar-refractivity contribution is 0.224. The van der Waals surface area contributed by atoms with Crippen molar-refractivity contribution >= 4 is 5.69 Å². The van der Waals surface area contributed by atoms with E-state index < -0.39 is 0 Å². The number of nitrogens with one attached hydrogen (secondary N) is 1. The second kappa shape index (κ2) is 6.55. The highest BCUT2D eigenvalue weighted by Gasteiger charge is 2.28. The third kappa shape index (κ3) is 3.30. The predicted molar refractivity (Wildman–Crippen MR) is 80.5 cm³/mol. The van der Waals surface area contributed by atoms with E-state index in [4.69, 9.17) is 0 Å². The summed E-state index contributed by atoms with van der Waals surface area (Å²) >= 11 is 0. The number of fused-ring (bicyclic) bond motifs is 1. The summed E-state index contributed by atoms with van der Waals surface area (Å²) in [6.07, 6.45) is 3.96. The molecular weight excluding hydrogens is 253 g/mol. The van der Waals surface area contributed by atoms with Crippen molar-refractivity contribution < 1.29 is 4.39 Å². The van der Waals surface area contributed by atoms with Crippen molar-refractivity contribution in [2.75, 3.05) is 44.6 Å². The van der Waals surface area contributed by atoms with Crippen molar-refractivity contribution in [2.45, 2.75) is 25.3 Å². The second-order valence-electron chi connectivity index (χ2n) is 5.89. The fourth-order valence-corrected chi connectivity index (χ4v) is 3.44. The van der Waals surface area contributed by atoms with Gasteiger partial charge in [0.05, 0.1) is 5.69 Å². The SMILES string of the molecule is Fc1ccccc1NCCN1CCCN2CCCC2C1. The van der Waals surface area contributed by atoms with Gasteiger partial charge in [0.25, 0.3) is 0 Å². The number of rotatable bonds is 4. The molecule has 0 amide bonds. The maximum absolute atomic E-state index is 13.5. The first-order valence-electron chi connectivity index (χ1n) is 7.78. The maximum Gasteiger partial charge on any atom is 0.146 e. The van der Waals surface area contributed by atoms with E-state index in [2.05, 4.69) is 15.1 Å². The molecular formula is C16H24FN3. The van der Waals surface area contributed by atoms with Gasteiger partial charge in [0.2, 0.25) is 0 Å². The molecule has 1 aromatic rings. The van der Waals surface area contributed by atoms with Crippen LogP contribution in [0.25, 0.3) is 0 Å². The van der Waals surface area contributed by atoms with Crippen molar-refractivity contribution in [1.29, 1.82) is 0 Å². The molecule has 110 valence electrons. The molecule has 3 nitrogen and oxygen atoms in total. The number of hydrogen-bond acceptors (Lipinski definition) is 3. The zero-order valence-corrected chi connectivity index (χ0v) is 12.0. The Kier molecular flexibility index (Phi) is 4.53. The van der Waals surface area contributed by atoms with Crippen LogP contribution in [0.1, 0.15) is 19.3 Å². The molecule has 2 saturated heterocycles. The topological polar surface area (TPSA) is 18.5 Å². The van der Waals surface area contributed by atoms with Gasteiger partial charge in [-0.15, -0.1) is 0 Å². The number of nitrogens with zero attached hydrogens (tertiary/aromatic N) is 2. The Morgan fingerprint density at radius 1 is 1.15 bits per heavy atom. The minimum Gasteiger partial charge on any atom is -0.381 e. The number of halogens is 1. The molecule has 1 aromatic carbocycles. The number of anilines is 1. The van der Waals surface area contributed by atoms with Crippen molar-refractivity contribution in [1.82, 2.24) is 9.80 Å². The Morgan fingerprint density at radius 2 is 2.00 bits per heavy atom. The summed E-state index contributed by atoms with van der Waals surface area (Å²) in [4.78, 5) is 5.17. The van der Waals surface area contributed by atoms with Gasteiger partial charge in [-0.3, -0.25) is 9.80 Å². The van der Waals surface area contributed by atoms with Crippen LogP contribution in [-0.2, 0) is 0 Å². The fraction of sp³-hybridized carbons (Fsp3) is 0.625. The molecule has 1 N–H and O–H groups in total. The molecule has 1 atom stereocenters. The highest BCUT2D eigenvalue weighted by atomic mass is 19.1. The van der Waals surface area contributed by atoms with E-state index in [0.717, 1.165) is 19.1 Å². The third-order valence-corrected chi connectivity index (χ3v) is 4.51. The molecule has 20 heavy (non-hydrogen) atoms. The van der Waals surface area contributed by atoms with Crippen molar-refractivity contribution in [3.05, 3.63) is 30.1 Å². The van der Waals surface area contributed by atoms with Crippen LogP contribution in [0.2, 0.25) is 0 Å². The molecule has 1 unspecified atom stereocenters. The van der Waals surface area contributed by atoms with Gasteiger partial charge in [-0.1, -0.05) is 12.1 Å². The van der Waals surface area contributed by atoms with Crippen LogP contribution in [0.15, 0.2) is 24.3 Å². The predicted octanol–water partition coefficient (Wildman–Crippen LogP) is 2.41. The number of para-hydroxylation sites is 1. The lowest BCUT2D eigenvalue weighted by Gasteiger charge is -2.25. The van der Waals surface area contributed by atoms with E-state index in [9.17, 15) is 4.39 Å². The zero-order valence-electron chi connectivity index (χ0n) is 12.0. The van der Waals surface area contributed by atoms with Crippen LogP contribution in [0.5, 0.6) is 0 Å². The summed E-state index contributed by atoms with van der Waals surface area (Å²) in [6, 6.07) is 7.66. The van der Waals surface area contributed by atoms with E-state index in [1.54, 1.807) is 12.1 Å². The molecule has 0 radical (unpaired) electrons. The number of benzene rings is 1. The Balaban J connectivity index is 1.47. The third-order valence-electron chi connectivity index (χ3n) is 4.51. The normalized spacial score (nSPS) is 24.4. The Bertz CT molecular complexity index is 437. The summed E-state index contributed by atoms with van der Waals surface area (Å²) in [5, 5.41) is 3.21. The van der Waals surface area contributed by atoms with Crippen molar-refractivity contribution in [3.8, 4) is 0 Å². The van der Waals surface area contributed by atoms with Crippen molar-refractivity contribution in [3.63, 3.8) is 0 Å². The molecule has 2 aliphatic rings. The highest BCUT2D eigenvalue weighted by molar-refractivity contribution is 5.44. The Labute approximate surface area is 120 Å². The van der Waals surface area contributed by atoms with Crippen LogP contribution >= 0.6 is 0 Å². The monoisotopic (exact) mass is 277 g/mol. The average Bonchev–Trinajstić information content (AvgIpc) is 2.79. The molecule has 3 rings (SSSR count). The molecule has 2 heterocycles. The van der Waals surface area contributed by atoms with Gasteiger partial charge in [-0.05, 0) is 51.0 Å². The molecule has 0 bridgehead atoms. The van der Waals surface area contributed by atoms with Gasteiger partial charge in [-0.2, -0.15) is 0 Å². The molecule has 0 spiro atoms. The molecule has 2 aliphatic heterocycles. The van der Waals surface area contributed by atoms with Crippen LogP contribution in [0, 0.1) is 5.82 Å². The van der Waals surface area contributed by atoms with Gasteiger partial charge < -0.3 is 5.32 Å². The number of hydrogen-bond donors (Lipinski definition) is 1. The van der Waals surface area contributed by atoms with Gasteiger partial charge in [-0.25, -0.2) is 4.39 Å². The Morgan fingerprint density at radius 3 is 2.90 bits per heavy atom. The van der Waals surface area contributed by atoms with Crippen LogP contribution in [0.3, 0.4) is 0 Å². The van der Waals surface area contributed by atoms with E-state index in [-0.39, 0.29) is 5.82 Å². The van der Waals surface area contributed by atoms with E-state index in [0.29, 0.717) is 5.69 Å². The highest BCUT2D eigenvalue weighted by Crippen LogP contribution is 2.21. The molecule has 4 heteroatoms. The first-order valence-corrected chi connectivity index (χ1v) is 7.78. The lowest BCUT2D eigenvalue weighted by atomic mass is 10.2. The van der Waals surface area contributed by atoms with E-state index in [1.807, 2.05) is 6.07 Å². The molecule has 0 saturated carbocycles. The minimum atomic E-state index is -0.162. The summed E-state index contributed by atoms with van der Waals surface area (Å²) in [7, 11) is 0. The quantitative estimate of drug-likeness (QED) is 0.912. The van der Waals surface area contributed by atoms with Crippen LogP contribution in [0.4, 0.5) is 10.1 Å². The maximum atomic E-state index is 13.5. The van der Waals surface area contributed by atoms with Gasteiger partial charge in [0, 0.05) is 25.7 Å². The molecule has 0 aliphatic carbocycles. The smallest absolute Gasteiger partial charge is 0.146 e. The Hall–Kier alpha value is -1.13. The first kappa shape index (κ1) is 13.8. The minimum absolute atomic E-state index is 0.162. The average molecular weight is 277 g/mol. The van der Waals surface area contributed by atoms with E-state index >= 15 is 0 Å². The summed E-state index contributed by atoms with van der Waals surface area (Å²) in [6.45, 7) is 6.70. The molecule has 0 aromatic heterocycles. The van der Waals surface area contributed by atoms with Crippen LogP contribution < -0.4 is 5.32 Å². The summed E-state index contributed by atoms with van der Waals surface area (Å²) in [5.74, 6) is -0.162. The first-order chi connectivity index (χ1) is 9.83. The summed E-state index contributed by atoms with van der Waals surface area (Å²) in [5.41, 5.74) is 0.616. The van der Waals surface area contributed by atoms with E-state index in [1.165, 1.54) is 51.5 Å².